The first-order valence-electron chi connectivity index (χ1n) is 5.24. The van der Waals surface area contributed by atoms with Gasteiger partial charge < -0.3 is 5.41 Å². The van der Waals surface area contributed by atoms with Gasteiger partial charge in [0.1, 0.15) is 0 Å². The maximum absolute atomic E-state index is 7.96. The highest BCUT2D eigenvalue weighted by molar-refractivity contribution is 6.06. The Morgan fingerprint density at radius 1 is 1.13 bits per heavy atom. The fourth-order valence-corrected chi connectivity index (χ4v) is 1.13. The van der Waals surface area contributed by atoms with Crippen LogP contribution in [-0.4, -0.2) is 5.71 Å². The number of benzene rings is 1. The van der Waals surface area contributed by atoms with Crippen molar-refractivity contribution in [3.8, 4) is 0 Å². The van der Waals surface area contributed by atoms with E-state index in [9.17, 15) is 0 Å². The monoisotopic (exact) mass is 201 g/mol. The largest absolute Gasteiger partial charge is 0.300 e. The van der Waals surface area contributed by atoms with Crippen LogP contribution in [0.4, 0.5) is 0 Å². The van der Waals surface area contributed by atoms with E-state index >= 15 is 0 Å². The smallest absolute Gasteiger partial charge is 0.0611 e. The zero-order valence-corrected chi connectivity index (χ0v) is 9.96. The fourth-order valence-electron chi connectivity index (χ4n) is 1.13. The Morgan fingerprint density at radius 2 is 1.67 bits per heavy atom. The van der Waals surface area contributed by atoms with Gasteiger partial charge in [0.05, 0.1) is 5.71 Å². The summed E-state index contributed by atoms with van der Waals surface area (Å²) in [6.45, 7) is 8.57. The first-order chi connectivity index (χ1) is 6.91. The predicted octanol–water partition coefficient (Wildman–Crippen LogP) is 4.05. The van der Waals surface area contributed by atoms with Gasteiger partial charge >= 0.3 is 0 Å². The van der Waals surface area contributed by atoms with Gasteiger partial charge in [-0.1, -0.05) is 56.7 Å². The van der Waals surface area contributed by atoms with Crippen LogP contribution in [0.1, 0.15) is 33.3 Å². The van der Waals surface area contributed by atoms with Crippen LogP contribution in [0, 0.1) is 10.8 Å². The van der Waals surface area contributed by atoms with Crippen molar-refractivity contribution in [2.45, 2.75) is 27.7 Å². The highest BCUT2D eigenvalue weighted by Gasteiger charge is 2.12. The highest BCUT2D eigenvalue weighted by Crippen LogP contribution is 2.24. The third kappa shape index (κ3) is 3.35. The first-order valence-corrected chi connectivity index (χ1v) is 5.24. The second-order valence-corrected chi connectivity index (χ2v) is 4.86. The molecule has 0 saturated carbocycles. The first kappa shape index (κ1) is 11.7. The van der Waals surface area contributed by atoms with Gasteiger partial charge in [0.2, 0.25) is 0 Å². The molecule has 0 fully saturated rings. The molecule has 0 aliphatic carbocycles. The van der Waals surface area contributed by atoms with E-state index < -0.39 is 0 Å². The molecule has 0 heterocycles. The van der Waals surface area contributed by atoms with Crippen LogP contribution in [0.3, 0.4) is 0 Å². The number of nitrogens with one attached hydrogen (secondary N) is 1. The number of hydrogen-bond donors (Lipinski definition) is 1. The molecule has 1 N–H and O–H groups in total. The van der Waals surface area contributed by atoms with Crippen LogP contribution in [0.5, 0.6) is 0 Å². The van der Waals surface area contributed by atoms with E-state index in [1.807, 2.05) is 36.4 Å². The van der Waals surface area contributed by atoms with Crippen LogP contribution in [0.15, 0.2) is 42.0 Å². The SMILES string of the molecule is C/C(=C\C(=N)c1ccccc1)C(C)(C)C. The fraction of sp³-hybridized carbons (Fsp3) is 0.357. The Morgan fingerprint density at radius 3 is 2.13 bits per heavy atom. The van der Waals surface area contributed by atoms with Crippen molar-refractivity contribution in [1.29, 1.82) is 5.41 Å². The van der Waals surface area contributed by atoms with Crippen molar-refractivity contribution in [2.24, 2.45) is 5.41 Å². The molecule has 80 valence electrons. The summed E-state index contributed by atoms with van der Waals surface area (Å²) in [5.41, 5.74) is 2.93. The lowest BCUT2D eigenvalue weighted by atomic mass is 9.86. The van der Waals surface area contributed by atoms with Gasteiger partial charge in [-0.05, 0) is 24.0 Å². The van der Waals surface area contributed by atoms with Gasteiger partial charge in [0.25, 0.3) is 0 Å². The summed E-state index contributed by atoms with van der Waals surface area (Å²) in [4.78, 5) is 0. The molecule has 1 aromatic rings. The second-order valence-electron chi connectivity index (χ2n) is 4.86. The van der Waals surface area contributed by atoms with Gasteiger partial charge in [-0.25, -0.2) is 0 Å². The average molecular weight is 201 g/mol. The van der Waals surface area contributed by atoms with Crippen molar-refractivity contribution in [1.82, 2.24) is 0 Å². The van der Waals surface area contributed by atoms with Gasteiger partial charge in [-0.2, -0.15) is 0 Å². The number of hydrogen-bond acceptors (Lipinski definition) is 1. The molecule has 0 spiro atoms. The summed E-state index contributed by atoms with van der Waals surface area (Å²) >= 11 is 0. The summed E-state index contributed by atoms with van der Waals surface area (Å²) in [6, 6.07) is 9.83. The Hall–Kier alpha value is -1.37. The molecule has 0 radical (unpaired) electrons. The minimum absolute atomic E-state index is 0.140. The summed E-state index contributed by atoms with van der Waals surface area (Å²) in [5.74, 6) is 0. The van der Waals surface area contributed by atoms with Crippen molar-refractivity contribution < 1.29 is 0 Å². The third-order valence-corrected chi connectivity index (χ3v) is 2.63. The molecular weight excluding hydrogens is 182 g/mol. The quantitative estimate of drug-likeness (QED) is 0.698. The molecule has 1 rings (SSSR count). The molecule has 0 unspecified atom stereocenters. The van der Waals surface area contributed by atoms with E-state index in [4.69, 9.17) is 5.41 Å². The Balaban J connectivity index is 2.90. The molecule has 0 aliphatic rings. The van der Waals surface area contributed by atoms with Crippen molar-refractivity contribution >= 4 is 5.71 Å². The maximum Gasteiger partial charge on any atom is 0.0611 e. The predicted molar refractivity (Wildman–Crippen MR) is 66.5 cm³/mol. The van der Waals surface area contributed by atoms with Gasteiger partial charge in [0, 0.05) is 0 Å². The van der Waals surface area contributed by atoms with Crippen LogP contribution in [-0.2, 0) is 0 Å². The zero-order valence-electron chi connectivity index (χ0n) is 9.96. The Bertz CT molecular complexity index is 366. The second kappa shape index (κ2) is 4.43. The molecule has 15 heavy (non-hydrogen) atoms. The topological polar surface area (TPSA) is 23.9 Å². The van der Waals surface area contributed by atoms with Crippen molar-refractivity contribution in [2.75, 3.05) is 0 Å². The lowest BCUT2D eigenvalue weighted by Gasteiger charge is -2.19. The standard InChI is InChI=1S/C14H19N/c1-11(14(2,3)4)10-13(15)12-8-6-5-7-9-12/h5-10,15H,1-4H3/b11-10+,15-13?. The molecule has 0 atom stereocenters. The van der Waals surface area contributed by atoms with Crippen LogP contribution in [0.25, 0.3) is 0 Å². The van der Waals surface area contributed by atoms with Crippen molar-refractivity contribution in [3.05, 3.63) is 47.5 Å². The lowest BCUT2D eigenvalue weighted by molar-refractivity contribution is 0.504. The Kier molecular flexibility index (Phi) is 3.46. The van der Waals surface area contributed by atoms with E-state index in [0.29, 0.717) is 5.71 Å². The van der Waals surface area contributed by atoms with Gasteiger partial charge in [0.15, 0.2) is 0 Å². The van der Waals surface area contributed by atoms with Crippen LogP contribution >= 0.6 is 0 Å². The molecule has 0 aromatic heterocycles. The third-order valence-electron chi connectivity index (χ3n) is 2.63. The maximum atomic E-state index is 7.96. The van der Waals surface area contributed by atoms with Crippen LogP contribution in [0.2, 0.25) is 0 Å². The van der Waals surface area contributed by atoms with Crippen molar-refractivity contribution in [3.63, 3.8) is 0 Å². The summed E-state index contributed by atoms with van der Waals surface area (Å²) in [7, 11) is 0. The molecule has 0 bridgehead atoms. The van der Waals surface area contributed by atoms with E-state index in [1.165, 1.54) is 5.57 Å². The van der Waals surface area contributed by atoms with Gasteiger partial charge in [-0.15, -0.1) is 0 Å². The van der Waals surface area contributed by atoms with Gasteiger partial charge in [-0.3, -0.25) is 0 Å². The van der Waals surface area contributed by atoms with Crippen LogP contribution < -0.4 is 0 Å². The highest BCUT2D eigenvalue weighted by atomic mass is 14.4. The normalized spacial score (nSPS) is 12.7. The Labute approximate surface area is 92.3 Å². The van der Waals surface area contributed by atoms with E-state index in [-0.39, 0.29) is 5.41 Å². The molecule has 0 aliphatic heterocycles. The molecule has 0 amide bonds. The number of allylic oxidation sites excluding steroid dienone is 2. The van der Waals surface area contributed by atoms with E-state index in [0.717, 1.165) is 5.56 Å². The molecule has 1 aromatic carbocycles. The summed E-state index contributed by atoms with van der Waals surface area (Å²) in [5, 5.41) is 7.96. The molecule has 1 heteroatoms. The van der Waals surface area contributed by atoms with E-state index in [1.54, 1.807) is 0 Å². The molecule has 0 saturated heterocycles. The average Bonchev–Trinajstić information content (AvgIpc) is 2.17. The summed E-state index contributed by atoms with van der Waals surface area (Å²) < 4.78 is 0. The minimum atomic E-state index is 0.140. The zero-order chi connectivity index (χ0) is 11.5. The summed E-state index contributed by atoms with van der Waals surface area (Å²) in [6.07, 6.45) is 1.95. The lowest BCUT2D eigenvalue weighted by Crippen LogP contribution is -2.08. The minimum Gasteiger partial charge on any atom is -0.300 e. The molecular formula is C14H19N. The molecule has 1 nitrogen and oxygen atoms in total. The number of rotatable bonds is 2. The van der Waals surface area contributed by atoms with E-state index in [2.05, 4.69) is 27.7 Å².